The highest BCUT2D eigenvalue weighted by Crippen LogP contribution is 2.27. The van der Waals surface area contributed by atoms with Gasteiger partial charge in [0.1, 0.15) is 6.04 Å². The molecule has 2 aromatic carbocycles. The summed E-state index contributed by atoms with van der Waals surface area (Å²) < 4.78 is 3.70. The predicted molar refractivity (Wildman–Crippen MR) is 122 cm³/mol. The van der Waals surface area contributed by atoms with E-state index in [0.717, 1.165) is 22.5 Å². The van der Waals surface area contributed by atoms with Crippen molar-refractivity contribution in [1.29, 1.82) is 0 Å². The van der Waals surface area contributed by atoms with Crippen LogP contribution in [0.25, 0.3) is 16.9 Å². The number of hydrogen-bond acceptors (Lipinski definition) is 3. The van der Waals surface area contributed by atoms with E-state index in [2.05, 4.69) is 37.0 Å². The molecule has 31 heavy (non-hydrogen) atoms. The van der Waals surface area contributed by atoms with Crippen LogP contribution in [0.15, 0.2) is 73.4 Å². The number of nitrogens with zero attached hydrogens (tertiary/aromatic N) is 5. The van der Waals surface area contributed by atoms with Gasteiger partial charge in [-0.3, -0.25) is 4.79 Å². The van der Waals surface area contributed by atoms with Gasteiger partial charge in [0.25, 0.3) is 0 Å². The molecule has 6 nitrogen and oxygen atoms in total. The summed E-state index contributed by atoms with van der Waals surface area (Å²) in [4.78, 5) is 18.8. The molecule has 0 saturated carbocycles. The first-order valence-corrected chi connectivity index (χ1v) is 10.4. The van der Waals surface area contributed by atoms with E-state index in [1.165, 1.54) is 11.1 Å². The standard InChI is InChI=1S/C25H27N5O/c1-18-10-11-21(14-19(18)2)24-22(16-30(27-24)23-8-6-5-7-9-23)15-28(4)25(31)20(3)29-13-12-26-17-29/h5-14,16-17,20H,15H2,1-4H3. The van der Waals surface area contributed by atoms with Crippen molar-refractivity contribution in [3.63, 3.8) is 0 Å². The Kier molecular flexibility index (Phi) is 5.71. The van der Waals surface area contributed by atoms with Gasteiger partial charge in [-0.1, -0.05) is 30.3 Å². The van der Waals surface area contributed by atoms with Crippen LogP contribution in [-0.4, -0.2) is 37.2 Å². The second kappa shape index (κ2) is 8.60. The van der Waals surface area contributed by atoms with Gasteiger partial charge in [0, 0.05) is 43.3 Å². The largest absolute Gasteiger partial charge is 0.339 e. The first-order valence-electron chi connectivity index (χ1n) is 10.4. The van der Waals surface area contributed by atoms with E-state index in [0.29, 0.717) is 6.54 Å². The van der Waals surface area contributed by atoms with Gasteiger partial charge in [-0.2, -0.15) is 5.10 Å². The van der Waals surface area contributed by atoms with Gasteiger partial charge in [-0.15, -0.1) is 0 Å². The number of aromatic nitrogens is 4. The normalized spacial score (nSPS) is 12.0. The van der Waals surface area contributed by atoms with Crippen LogP contribution in [-0.2, 0) is 11.3 Å². The molecule has 1 amide bonds. The van der Waals surface area contributed by atoms with Crippen LogP contribution in [0.5, 0.6) is 0 Å². The van der Waals surface area contributed by atoms with Gasteiger partial charge in [0.05, 0.1) is 17.7 Å². The fraction of sp³-hybridized carbons (Fsp3) is 0.240. The summed E-state index contributed by atoms with van der Waals surface area (Å²) in [5.74, 6) is 0.0245. The second-order valence-electron chi connectivity index (χ2n) is 7.96. The van der Waals surface area contributed by atoms with E-state index < -0.39 is 0 Å². The molecule has 4 rings (SSSR count). The number of amides is 1. The first-order chi connectivity index (χ1) is 14.9. The predicted octanol–water partition coefficient (Wildman–Crippen LogP) is 4.57. The Morgan fingerprint density at radius 2 is 1.87 bits per heavy atom. The highest BCUT2D eigenvalue weighted by molar-refractivity contribution is 5.80. The number of hydrogen-bond donors (Lipinski definition) is 0. The van der Waals surface area contributed by atoms with Crippen LogP contribution < -0.4 is 0 Å². The summed E-state index contributed by atoms with van der Waals surface area (Å²) in [6.07, 6.45) is 7.19. The summed E-state index contributed by atoms with van der Waals surface area (Å²) in [5, 5.41) is 4.89. The van der Waals surface area contributed by atoms with Crippen LogP contribution in [0.2, 0.25) is 0 Å². The average Bonchev–Trinajstić information content (AvgIpc) is 3.46. The number of rotatable bonds is 6. The number of likely N-dealkylation sites (N-methyl/N-ethyl adjacent to an activating group) is 1. The molecule has 1 unspecified atom stereocenters. The number of benzene rings is 2. The second-order valence-corrected chi connectivity index (χ2v) is 7.96. The maximum Gasteiger partial charge on any atom is 0.245 e. The lowest BCUT2D eigenvalue weighted by molar-refractivity contribution is -0.133. The maximum atomic E-state index is 13.0. The van der Waals surface area contributed by atoms with E-state index in [1.54, 1.807) is 17.4 Å². The molecule has 0 aliphatic heterocycles. The highest BCUT2D eigenvalue weighted by atomic mass is 16.2. The summed E-state index contributed by atoms with van der Waals surface area (Å²) in [7, 11) is 1.83. The van der Waals surface area contributed by atoms with Crippen molar-refractivity contribution in [2.75, 3.05) is 7.05 Å². The number of carbonyl (C=O) groups is 1. The fourth-order valence-corrected chi connectivity index (χ4v) is 3.65. The minimum atomic E-state index is -0.318. The van der Waals surface area contributed by atoms with Gasteiger partial charge in [0.2, 0.25) is 5.91 Å². The van der Waals surface area contributed by atoms with Crippen molar-refractivity contribution in [3.05, 3.63) is 90.1 Å². The Hall–Kier alpha value is -3.67. The summed E-state index contributed by atoms with van der Waals surface area (Å²) >= 11 is 0. The third kappa shape index (κ3) is 4.28. The molecule has 0 aliphatic rings. The van der Waals surface area contributed by atoms with E-state index in [9.17, 15) is 4.79 Å². The first kappa shape index (κ1) is 20.6. The number of carbonyl (C=O) groups excluding carboxylic acids is 1. The molecule has 4 aromatic rings. The van der Waals surface area contributed by atoms with Crippen molar-refractivity contribution in [1.82, 2.24) is 24.2 Å². The lowest BCUT2D eigenvalue weighted by Crippen LogP contribution is -2.32. The van der Waals surface area contributed by atoms with Crippen molar-refractivity contribution in [3.8, 4) is 16.9 Å². The number of imidazole rings is 1. The summed E-state index contributed by atoms with van der Waals surface area (Å²) in [6, 6.07) is 16.1. The molecule has 1 atom stereocenters. The average molecular weight is 414 g/mol. The Morgan fingerprint density at radius 3 is 2.55 bits per heavy atom. The van der Waals surface area contributed by atoms with Gasteiger partial charge < -0.3 is 9.47 Å². The maximum absolute atomic E-state index is 13.0. The molecule has 0 aliphatic carbocycles. The molecule has 0 radical (unpaired) electrons. The van der Waals surface area contributed by atoms with Crippen LogP contribution in [0.4, 0.5) is 0 Å². The molecule has 0 bridgehead atoms. The lowest BCUT2D eigenvalue weighted by Gasteiger charge is -2.22. The topological polar surface area (TPSA) is 56.0 Å². The van der Waals surface area contributed by atoms with E-state index >= 15 is 0 Å². The molecule has 2 heterocycles. The molecular formula is C25H27N5O. The van der Waals surface area contributed by atoms with E-state index in [-0.39, 0.29) is 11.9 Å². The Morgan fingerprint density at radius 1 is 1.10 bits per heavy atom. The van der Waals surface area contributed by atoms with Crippen molar-refractivity contribution in [2.24, 2.45) is 0 Å². The highest BCUT2D eigenvalue weighted by Gasteiger charge is 2.21. The Labute approximate surface area is 182 Å². The SMILES string of the molecule is Cc1ccc(-c2nn(-c3ccccc3)cc2CN(C)C(=O)C(C)n2ccnc2)cc1C. The smallest absolute Gasteiger partial charge is 0.245 e. The van der Waals surface area contributed by atoms with Gasteiger partial charge in [-0.25, -0.2) is 9.67 Å². The molecule has 0 spiro atoms. The third-order valence-electron chi connectivity index (χ3n) is 5.70. The van der Waals surface area contributed by atoms with Gasteiger partial charge in [0.15, 0.2) is 0 Å². The monoisotopic (exact) mass is 413 g/mol. The minimum absolute atomic E-state index is 0.0245. The Bertz CT molecular complexity index is 1180. The molecule has 2 aromatic heterocycles. The van der Waals surface area contributed by atoms with Crippen LogP contribution >= 0.6 is 0 Å². The van der Waals surface area contributed by atoms with Crippen molar-refractivity contribution in [2.45, 2.75) is 33.4 Å². The zero-order valence-corrected chi connectivity index (χ0v) is 18.4. The van der Waals surface area contributed by atoms with E-state index in [1.807, 2.05) is 65.9 Å². The lowest BCUT2D eigenvalue weighted by atomic mass is 10.0. The van der Waals surface area contributed by atoms with Crippen molar-refractivity contribution < 1.29 is 4.79 Å². The van der Waals surface area contributed by atoms with E-state index in [4.69, 9.17) is 5.10 Å². The van der Waals surface area contributed by atoms with Crippen molar-refractivity contribution >= 4 is 5.91 Å². The number of para-hydroxylation sites is 1. The summed E-state index contributed by atoms with van der Waals surface area (Å²) in [5.41, 5.74) is 6.39. The molecule has 0 fully saturated rings. The quantitative estimate of drug-likeness (QED) is 0.465. The van der Waals surface area contributed by atoms with Crippen LogP contribution in [0, 0.1) is 13.8 Å². The zero-order chi connectivity index (χ0) is 22.0. The molecule has 158 valence electrons. The zero-order valence-electron chi connectivity index (χ0n) is 18.4. The minimum Gasteiger partial charge on any atom is -0.339 e. The van der Waals surface area contributed by atoms with Crippen LogP contribution in [0.1, 0.15) is 29.7 Å². The van der Waals surface area contributed by atoms with Gasteiger partial charge >= 0.3 is 0 Å². The molecule has 6 heteroatoms. The third-order valence-corrected chi connectivity index (χ3v) is 5.70. The van der Waals surface area contributed by atoms with Crippen LogP contribution in [0.3, 0.4) is 0 Å². The molecule has 0 saturated heterocycles. The van der Waals surface area contributed by atoms with Gasteiger partial charge in [-0.05, 0) is 50.1 Å². The number of aryl methyl sites for hydroxylation is 2. The summed E-state index contributed by atoms with van der Waals surface area (Å²) in [6.45, 7) is 6.56. The Balaban J connectivity index is 1.69. The molecular weight excluding hydrogens is 386 g/mol. The molecule has 0 N–H and O–H groups in total. The fourth-order valence-electron chi connectivity index (χ4n) is 3.65.